The molecule has 9 nitrogen and oxygen atoms in total. The largest absolute Gasteiger partial charge is 0.443 e. The molecule has 0 spiro atoms. The summed E-state index contributed by atoms with van der Waals surface area (Å²) in [7, 11) is 3.94. The number of aromatic nitrogens is 4. The van der Waals surface area contributed by atoms with Crippen LogP contribution in [0.15, 0.2) is 54.7 Å². The molecule has 6 rings (SSSR count). The van der Waals surface area contributed by atoms with Crippen molar-refractivity contribution < 1.29 is 9.53 Å². The van der Waals surface area contributed by atoms with Crippen LogP contribution in [0, 0.1) is 18.3 Å². The Hall–Kier alpha value is -4.42. The van der Waals surface area contributed by atoms with Gasteiger partial charge in [0.1, 0.15) is 11.9 Å². The lowest BCUT2D eigenvalue weighted by molar-refractivity contribution is 0.123. The van der Waals surface area contributed by atoms with Crippen LogP contribution in [0.1, 0.15) is 17.0 Å². The highest BCUT2D eigenvalue weighted by molar-refractivity contribution is 5.90. The Balaban J connectivity index is 1.41. The van der Waals surface area contributed by atoms with E-state index >= 15 is 0 Å². The fraction of sp³-hybridized carbons (Fsp3) is 0.259. The molecule has 1 atom stereocenters. The van der Waals surface area contributed by atoms with Crippen LogP contribution in [-0.2, 0) is 11.3 Å². The standard InChI is InChI=1S/C27H25N7O2/c1-17-29-30-26-25-11-20(19-6-4-18(12-28)5-7-19)13-32(25)14-21-10-22(8-9-24(21)34(17)26)33-16-23(15-31(2)3)36-27(33)35/h4-11,13,23H,14-16H2,1-3H3/t23-/m1/s1. The summed E-state index contributed by atoms with van der Waals surface area (Å²) in [5, 5.41) is 18.0. The van der Waals surface area contributed by atoms with Crippen molar-refractivity contribution in [2.75, 3.05) is 32.1 Å². The summed E-state index contributed by atoms with van der Waals surface area (Å²) in [6.45, 7) is 3.76. The van der Waals surface area contributed by atoms with Crippen LogP contribution in [0.5, 0.6) is 0 Å². The normalized spacial score (nSPS) is 16.2. The molecule has 2 aliphatic heterocycles. The van der Waals surface area contributed by atoms with Crippen molar-refractivity contribution in [3.05, 3.63) is 71.7 Å². The van der Waals surface area contributed by atoms with Crippen molar-refractivity contribution in [3.8, 4) is 34.4 Å². The number of rotatable bonds is 4. The van der Waals surface area contributed by atoms with Gasteiger partial charge in [-0.2, -0.15) is 5.26 Å². The minimum atomic E-state index is -0.318. The predicted octanol–water partition coefficient (Wildman–Crippen LogP) is 3.83. The van der Waals surface area contributed by atoms with E-state index in [0.29, 0.717) is 25.2 Å². The molecule has 2 aliphatic rings. The first-order valence-electron chi connectivity index (χ1n) is 11.8. The average Bonchev–Trinajstić information content (AvgIpc) is 3.53. The quantitative estimate of drug-likeness (QED) is 0.389. The third-order valence-electron chi connectivity index (χ3n) is 6.70. The van der Waals surface area contributed by atoms with E-state index in [1.807, 2.05) is 62.3 Å². The summed E-state index contributed by atoms with van der Waals surface area (Å²) in [6, 6.07) is 17.9. The molecular weight excluding hydrogens is 454 g/mol. The molecule has 0 saturated carbocycles. The lowest BCUT2D eigenvalue weighted by atomic mass is 10.1. The topological polar surface area (TPSA) is 92.2 Å². The van der Waals surface area contributed by atoms with Gasteiger partial charge in [-0.3, -0.25) is 9.47 Å². The van der Waals surface area contributed by atoms with Crippen LogP contribution in [0.4, 0.5) is 10.5 Å². The van der Waals surface area contributed by atoms with Crippen molar-refractivity contribution in [1.82, 2.24) is 24.2 Å². The summed E-state index contributed by atoms with van der Waals surface area (Å²) in [5.41, 5.74) is 6.52. The molecule has 0 radical (unpaired) electrons. The third-order valence-corrected chi connectivity index (χ3v) is 6.70. The smallest absolute Gasteiger partial charge is 0.414 e. The molecule has 2 aromatic carbocycles. The molecule has 180 valence electrons. The fourth-order valence-corrected chi connectivity index (χ4v) is 5.04. The Morgan fingerprint density at radius 3 is 2.67 bits per heavy atom. The Morgan fingerprint density at radius 1 is 1.11 bits per heavy atom. The number of amides is 1. The molecule has 0 N–H and O–H groups in total. The second-order valence-corrected chi connectivity index (χ2v) is 9.53. The number of ether oxygens (including phenoxy) is 1. The van der Waals surface area contributed by atoms with Crippen molar-refractivity contribution in [1.29, 1.82) is 5.26 Å². The van der Waals surface area contributed by atoms with E-state index in [2.05, 4.69) is 43.7 Å². The summed E-state index contributed by atoms with van der Waals surface area (Å²) >= 11 is 0. The third kappa shape index (κ3) is 3.63. The van der Waals surface area contributed by atoms with Gasteiger partial charge < -0.3 is 14.2 Å². The van der Waals surface area contributed by atoms with E-state index in [1.54, 1.807) is 4.90 Å². The monoisotopic (exact) mass is 479 g/mol. The molecular formula is C27H25N7O2. The van der Waals surface area contributed by atoms with Crippen molar-refractivity contribution in [2.45, 2.75) is 19.6 Å². The van der Waals surface area contributed by atoms with Crippen molar-refractivity contribution in [2.24, 2.45) is 0 Å². The second kappa shape index (κ2) is 8.36. The molecule has 4 heterocycles. The van der Waals surface area contributed by atoms with Crippen LogP contribution in [-0.4, -0.2) is 63.6 Å². The highest BCUT2D eigenvalue weighted by atomic mass is 16.6. The number of nitrogens with zero attached hydrogens (tertiary/aromatic N) is 7. The number of carbonyl (C=O) groups is 1. The Kier molecular flexibility index (Phi) is 5.12. The summed E-state index contributed by atoms with van der Waals surface area (Å²) in [5.74, 6) is 1.56. The van der Waals surface area contributed by atoms with Gasteiger partial charge in [0.05, 0.1) is 29.6 Å². The van der Waals surface area contributed by atoms with Gasteiger partial charge in [0, 0.05) is 30.5 Å². The lowest BCUT2D eigenvalue weighted by Gasteiger charge is -2.18. The Bertz CT molecular complexity index is 1520. The van der Waals surface area contributed by atoms with Crippen LogP contribution in [0.2, 0.25) is 0 Å². The number of hydrogen-bond acceptors (Lipinski definition) is 6. The van der Waals surface area contributed by atoms with E-state index in [9.17, 15) is 4.79 Å². The molecule has 0 bridgehead atoms. The van der Waals surface area contributed by atoms with Crippen LogP contribution in [0.25, 0.3) is 28.3 Å². The van der Waals surface area contributed by atoms with Crippen molar-refractivity contribution >= 4 is 11.8 Å². The van der Waals surface area contributed by atoms with Crippen molar-refractivity contribution in [3.63, 3.8) is 0 Å². The first-order valence-corrected chi connectivity index (χ1v) is 11.8. The number of aryl methyl sites for hydroxylation is 1. The zero-order chi connectivity index (χ0) is 25.0. The van der Waals surface area contributed by atoms with E-state index in [0.717, 1.165) is 45.4 Å². The minimum Gasteiger partial charge on any atom is -0.443 e. The van der Waals surface area contributed by atoms with Gasteiger partial charge in [-0.05, 0) is 68.5 Å². The number of likely N-dealkylation sites (N-methyl/N-ethyl adjacent to an activating group) is 1. The first kappa shape index (κ1) is 22.1. The van der Waals surface area contributed by atoms with Gasteiger partial charge >= 0.3 is 6.09 Å². The Labute approximate surface area is 208 Å². The molecule has 0 unspecified atom stereocenters. The summed E-state index contributed by atoms with van der Waals surface area (Å²) in [6.07, 6.45) is 1.62. The van der Waals surface area contributed by atoms with Crippen LogP contribution >= 0.6 is 0 Å². The number of benzene rings is 2. The fourth-order valence-electron chi connectivity index (χ4n) is 5.04. The number of nitriles is 1. The molecule has 1 amide bonds. The SMILES string of the molecule is Cc1nnc2n1-c1ccc(N3C[C@@H](CN(C)C)OC3=O)cc1Cn1cc(-c3ccc(C#N)cc3)cc1-2. The van der Waals surface area contributed by atoms with Gasteiger partial charge in [0.2, 0.25) is 0 Å². The van der Waals surface area contributed by atoms with E-state index in [1.165, 1.54) is 0 Å². The maximum absolute atomic E-state index is 12.7. The molecule has 4 aromatic rings. The van der Waals surface area contributed by atoms with E-state index in [4.69, 9.17) is 10.00 Å². The number of carbonyl (C=O) groups excluding carboxylic acids is 1. The molecule has 0 aliphatic carbocycles. The second-order valence-electron chi connectivity index (χ2n) is 9.53. The van der Waals surface area contributed by atoms with Gasteiger partial charge in [0.15, 0.2) is 5.82 Å². The number of fused-ring (bicyclic) bond motifs is 5. The number of cyclic esters (lactones) is 1. The molecule has 1 fully saturated rings. The minimum absolute atomic E-state index is 0.163. The van der Waals surface area contributed by atoms with Gasteiger partial charge in [-0.15, -0.1) is 10.2 Å². The van der Waals surface area contributed by atoms with E-state index < -0.39 is 0 Å². The molecule has 9 heteroatoms. The van der Waals surface area contributed by atoms with Gasteiger partial charge in [0.25, 0.3) is 0 Å². The van der Waals surface area contributed by atoms with Gasteiger partial charge in [-0.25, -0.2) is 4.79 Å². The molecule has 2 aromatic heterocycles. The predicted molar refractivity (Wildman–Crippen MR) is 135 cm³/mol. The van der Waals surface area contributed by atoms with Gasteiger partial charge in [-0.1, -0.05) is 12.1 Å². The lowest BCUT2D eigenvalue weighted by Crippen LogP contribution is -2.30. The first-order chi connectivity index (χ1) is 17.4. The van der Waals surface area contributed by atoms with Crippen LogP contribution in [0.3, 0.4) is 0 Å². The number of anilines is 1. The molecule has 1 saturated heterocycles. The Morgan fingerprint density at radius 2 is 1.92 bits per heavy atom. The molecule has 36 heavy (non-hydrogen) atoms. The van der Waals surface area contributed by atoms with Crippen LogP contribution < -0.4 is 4.90 Å². The zero-order valence-electron chi connectivity index (χ0n) is 20.3. The summed E-state index contributed by atoms with van der Waals surface area (Å²) in [4.78, 5) is 16.4. The maximum atomic E-state index is 12.7. The van der Waals surface area contributed by atoms with E-state index in [-0.39, 0.29) is 12.2 Å². The maximum Gasteiger partial charge on any atom is 0.414 e. The average molecular weight is 480 g/mol. The summed E-state index contributed by atoms with van der Waals surface area (Å²) < 4.78 is 9.82. The highest BCUT2D eigenvalue weighted by Gasteiger charge is 2.33. The highest BCUT2D eigenvalue weighted by Crippen LogP contribution is 2.36. The zero-order valence-corrected chi connectivity index (χ0v) is 20.3. The number of hydrogen-bond donors (Lipinski definition) is 0.